The van der Waals surface area contributed by atoms with E-state index in [1.807, 2.05) is 38.1 Å². The highest BCUT2D eigenvalue weighted by atomic mass is 16.6. The van der Waals surface area contributed by atoms with E-state index in [2.05, 4.69) is 15.3 Å². The van der Waals surface area contributed by atoms with Crippen molar-refractivity contribution in [1.82, 2.24) is 9.97 Å². The molecule has 5 nitrogen and oxygen atoms in total. The molecule has 0 amide bonds. The lowest BCUT2D eigenvalue weighted by Gasteiger charge is -2.19. The summed E-state index contributed by atoms with van der Waals surface area (Å²) in [5, 5.41) is 3.30. The number of nitrogens with zero attached hydrogens (tertiary/aromatic N) is 2. The van der Waals surface area contributed by atoms with Gasteiger partial charge < -0.3 is 14.8 Å². The maximum Gasteiger partial charge on any atom is 0.161 e. The molecule has 0 aliphatic carbocycles. The average Bonchev–Trinajstić information content (AvgIpc) is 2.44. The zero-order valence-corrected chi connectivity index (χ0v) is 11.6. The molecule has 1 N–H and O–H groups in total. The minimum Gasteiger partial charge on any atom is -0.486 e. The molecule has 0 fully saturated rings. The smallest absolute Gasteiger partial charge is 0.161 e. The number of hydrogen-bond donors (Lipinski definition) is 1. The van der Waals surface area contributed by atoms with Gasteiger partial charge in [0.05, 0.1) is 0 Å². The Kier molecular flexibility index (Phi) is 3.41. The van der Waals surface area contributed by atoms with Crippen molar-refractivity contribution >= 4 is 5.82 Å². The molecule has 104 valence electrons. The molecule has 2 heterocycles. The fraction of sp³-hybridized carbons (Fsp3) is 0.333. The first-order chi connectivity index (χ1) is 9.70. The molecule has 5 heteroatoms. The van der Waals surface area contributed by atoms with Crippen LogP contribution in [0.15, 0.2) is 24.3 Å². The molecule has 20 heavy (non-hydrogen) atoms. The second-order valence-corrected chi connectivity index (χ2v) is 4.77. The van der Waals surface area contributed by atoms with Crippen LogP contribution in [0.2, 0.25) is 0 Å². The predicted molar refractivity (Wildman–Crippen MR) is 76.3 cm³/mol. The summed E-state index contributed by atoms with van der Waals surface area (Å²) in [6.07, 6.45) is 0. The quantitative estimate of drug-likeness (QED) is 0.929. The molecule has 1 aliphatic rings. The van der Waals surface area contributed by atoms with E-state index in [-0.39, 0.29) is 0 Å². The molecule has 1 aromatic carbocycles. The summed E-state index contributed by atoms with van der Waals surface area (Å²) in [6, 6.07) is 7.91. The van der Waals surface area contributed by atoms with Gasteiger partial charge in [-0.05, 0) is 31.5 Å². The highest BCUT2D eigenvalue weighted by Gasteiger charge is 2.11. The first-order valence-electron chi connectivity index (χ1n) is 6.65. The van der Waals surface area contributed by atoms with Gasteiger partial charge in [-0.3, -0.25) is 0 Å². The Bertz CT molecular complexity index is 608. The minimum atomic E-state index is 0.605. The molecular formula is C15H17N3O2. The molecule has 0 atom stereocenters. The van der Waals surface area contributed by atoms with E-state index >= 15 is 0 Å². The Morgan fingerprint density at radius 3 is 2.65 bits per heavy atom. The van der Waals surface area contributed by atoms with Crippen molar-refractivity contribution in [1.29, 1.82) is 0 Å². The maximum atomic E-state index is 5.58. The highest BCUT2D eigenvalue weighted by molar-refractivity contribution is 5.45. The highest BCUT2D eigenvalue weighted by Crippen LogP contribution is 2.30. The summed E-state index contributed by atoms with van der Waals surface area (Å²) >= 11 is 0. The Morgan fingerprint density at radius 1 is 1.05 bits per heavy atom. The zero-order chi connectivity index (χ0) is 13.9. The molecule has 0 saturated heterocycles. The number of fused-ring (bicyclic) bond motifs is 1. The van der Waals surface area contributed by atoms with Crippen LogP contribution in [0.25, 0.3) is 0 Å². The molecule has 1 aliphatic heterocycles. The molecule has 3 rings (SSSR count). The van der Waals surface area contributed by atoms with Gasteiger partial charge in [0.25, 0.3) is 0 Å². The Labute approximate surface area is 118 Å². The number of hydrogen-bond acceptors (Lipinski definition) is 5. The van der Waals surface area contributed by atoms with Crippen molar-refractivity contribution in [2.45, 2.75) is 20.4 Å². The number of benzene rings is 1. The lowest BCUT2D eigenvalue weighted by atomic mass is 10.2. The molecule has 0 spiro atoms. The number of aromatic nitrogens is 2. The van der Waals surface area contributed by atoms with Gasteiger partial charge in [0.1, 0.15) is 24.9 Å². The molecule has 0 unspecified atom stereocenters. The normalized spacial score (nSPS) is 13.1. The van der Waals surface area contributed by atoms with Crippen molar-refractivity contribution in [3.63, 3.8) is 0 Å². The molecule has 0 bridgehead atoms. The van der Waals surface area contributed by atoms with E-state index < -0.39 is 0 Å². The van der Waals surface area contributed by atoms with Crippen LogP contribution in [-0.4, -0.2) is 23.2 Å². The second-order valence-electron chi connectivity index (χ2n) is 4.77. The van der Waals surface area contributed by atoms with Gasteiger partial charge >= 0.3 is 0 Å². The Morgan fingerprint density at radius 2 is 1.85 bits per heavy atom. The molecule has 1 aromatic heterocycles. The number of rotatable bonds is 3. The summed E-state index contributed by atoms with van der Waals surface area (Å²) in [5.41, 5.74) is 2.09. The van der Waals surface area contributed by atoms with Gasteiger partial charge in [-0.2, -0.15) is 0 Å². The summed E-state index contributed by atoms with van der Waals surface area (Å²) in [4.78, 5) is 8.62. The van der Waals surface area contributed by atoms with Crippen LogP contribution in [0.1, 0.15) is 17.1 Å². The third kappa shape index (κ3) is 2.82. The first kappa shape index (κ1) is 12.7. The monoisotopic (exact) mass is 271 g/mol. The topological polar surface area (TPSA) is 56.3 Å². The third-order valence-electron chi connectivity index (χ3n) is 3.05. The maximum absolute atomic E-state index is 5.58. The van der Waals surface area contributed by atoms with E-state index in [1.165, 1.54) is 0 Å². The van der Waals surface area contributed by atoms with Crippen molar-refractivity contribution in [3.05, 3.63) is 41.3 Å². The van der Waals surface area contributed by atoms with E-state index in [9.17, 15) is 0 Å². The molecular weight excluding hydrogens is 254 g/mol. The van der Waals surface area contributed by atoms with Crippen LogP contribution < -0.4 is 14.8 Å². The SMILES string of the molecule is Cc1cc(NCc2ccc3c(c2)OCCO3)nc(C)n1. The minimum absolute atomic E-state index is 0.605. The van der Waals surface area contributed by atoms with Gasteiger partial charge in [0, 0.05) is 18.3 Å². The summed E-state index contributed by atoms with van der Waals surface area (Å²) < 4.78 is 11.1. The number of nitrogens with one attached hydrogen (secondary N) is 1. The Hall–Kier alpha value is -2.30. The average molecular weight is 271 g/mol. The summed E-state index contributed by atoms with van der Waals surface area (Å²) in [7, 11) is 0. The van der Waals surface area contributed by atoms with E-state index in [4.69, 9.17) is 9.47 Å². The van der Waals surface area contributed by atoms with E-state index in [1.54, 1.807) is 0 Å². The van der Waals surface area contributed by atoms with Crippen molar-refractivity contribution < 1.29 is 9.47 Å². The van der Waals surface area contributed by atoms with Crippen LogP contribution in [-0.2, 0) is 6.54 Å². The van der Waals surface area contributed by atoms with Gasteiger partial charge in [-0.25, -0.2) is 9.97 Å². The second kappa shape index (κ2) is 5.36. The number of anilines is 1. The van der Waals surface area contributed by atoms with Crippen LogP contribution in [0, 0.1) is 13.8 Å². The number of ether oxygens (including phenoxy) is 2. The standard InChI is InChI=1S/C15H17N3O2/c1-10-7-15(18-11(2)17-10)16-9-12-3-4-13-14(8-12)20-6-5-19-13/h3-4,7-8H,5-6,9H2,1-2H3,(H,16,17,18). The van der Waals surface area contributed by atoms with Crippen molar-refractivity contribution in [3.8, 4) is 11.5 Å². The fourth-order valence-corrected chi connectivity index (χ4v) is 2.20. The summed E-state index contributed by atoms with van der Waals surface area (Å²) in [5.74, 6) is 3.24. The van der Waals surface area contributed by atoms with Gasteiger partial charge in [0.2, 0.25) is 0 Å². The van der Waals surface area contributed by atoms with Crippen LogP contribution in [0.4, 0.5) is 5.82 Å². The summed E-state index contributed by atoms with van der Waals surface area (Å²) in [6.45, 7) is 5.76. The number of aryl methyl sites for hydroxylation is 2. The van der Waals surface area contributed by atoms with Crippen LogP contribution >= 0.6 is 0 Å². The molecule has 2 aromatic rings. The van der Waals surface area contributed by atoms with Gasteiger partial charge in [-0.1, -0.05) is 6.07 Å². The van der Waals surface area contributed by atoms with Gasteiger partial charge in [0.15, 0.2) is 11.5 Å². The fourth-order valence-electron chi connectivity index (χ4n) is 2.20. The first-order valence-corrected chi connectivity index (χ1v) is 6.65. The largest absolute Gasteiger partial charge is 0.486 e. The lowest BCUT2D eigenvalue weighted by molar-refractivity contribution is 0.171. The molecule has 0 saturated carbocycles. The Balaban J connectivity index is 1.71. The zero-order valence-electron chi connectivity index (χ0n) is 11.6. The van der Waals surface area contributed by atoms with E-state index in [0.29, 0.717) is 19.8 Å². The van der Waals surface area contributed by atoms with Crippen LogP contribution in [0.5, 0.6) is 11.5 Å². The molecule has 0 radical (unpaired) electrons. The lowest BCUT2D eigenvalue weighted by Crippen LogP contribution is -2.15. The van der Waals surface area contributed by atoms with Gasteiger partial charge in [-0.15, -0.1) is 0 Å². The van der Waals surface area contributed by atoms with Crippen LogP contribution in [0.3, 0.4) is 0 Å². The van der Waals surface area contributed by atoms with Crippen molar-refractivity contribution in [2.24, 2.45) is 0 Å². The van der Waals surface area contributed by atoms with E-state index in [0.717, 1.165) is 34.4 Å². The predicted octanol–water partition coefficient (Wildman–Crippen LogP) is 2.48. The van der Waals surface area contributed by atoms with Crippen molar-refractivity contribution in [2.75, 3.05) is 18.5 Å². The third-order valence-corrected chi connectivity index (χ3v) is 3.05.